The Morgan fingerprint density at radius 3 is 2.46 bits per heavy atom. The molecule has 0 bridgehead atoms. The van der Waals surface area contributed by atoms with Gasteiger partial charge in [-0.1, -0.05) is 11.6 Å². The van der Waals surface area contributed by atoms with Crippen LogP contribution >= 0.6 is 39.3 Å². The summed E-state index contributed by atoms with van der Waals surface area (Å²) in [5.74, 6) is -2.73. The normalized spacial score (nSPS) is 17.7. The molecule has 0 spiro atoms. The Morgan fingerprint density at radius 2 is 1.79 bits per heavy atom. The maximum absolute atomic E-state index is 14.1. The third kappa shape index (κ3) is 3.34. The minimum absolute atomic E-state index is 0.0741. The molecule has 3 rings (SSSR count). The highest BCUT2D eigenvalue weighted by atomic mass is 79.9. The second-order valence-electron chi connectivity index (χ2n) is 5.05. The lowest BCUT2D eigenvalue weighted by Crippen LogP contribution is -2.32. The molecule has 3 nitrogen and oxygen atoms in total. The molecule has 8 heteroatoms. The summed E-state index contributed by atoms with van der Waals surface area (Å²) < 4.78 is 27.7. The number of anilines is 1. The van der Waals surface area contributed by atoms with Crippen molar-refractivity contribution in [1.29, 1.82) is 0 Å². The van der Waals surface area contributed by atoms with Crippen LogP contribution in [0.5, 0.6) is 0 Å². The molecular formula is C16H9BrClF2NO2S. The van der Waals surface area contributed by atoms with Crippen molar-refractivity contribution in [3.8, 4) is 0 Å². The standard InChI is InChI=1S/C16H9BrClF2NO2S/c17-10-5-12(20)13(6-11(10)19)21-15(22)7-14(16(21)23)24-9-3-1-8(18)2-4-9/h1-6,14H,7H2/t14-/m0/s1. The summed E-state index contributed by atoms with van der Waals surface area (Å²) in [5.41, 5.74) is -0.370. The van der Waals surface area contributed by atoms with Crippen LogP contribution in [0.2, 0.25) is 5.02 Å². The van der Waals surface area contributed by atoms with Crippen molar-refractivity contribution in [2.45, 2.75) is 16.6 Å². The van der Waals surface area contributed by atoms with Crippen LogP contribution in [0, 0.1) is 11.6 Å². The van der Waals surface area contributed by atoms with E-state index in [9.17, 15) is 18.4 Å². The second-order valence-corrected chi connectivity index (χ2v) is 7.62. The molecule has 1 saturated heterocycles. The monoisotopic (exact) mass is 431 g/mol. The molecule has 0 aliphatic carbocycles. The van der Waals surface area contributed by atoms with E-state index >= 15 is 0 Å². The fourth-order valence-electron chi connectivity index (χ4n) is 2.31. The average molecular weight is 433 g/mol. The Hall–Kier alpha value is -1.44. The van der Waals surface area contributed by atoms with E-state index in [0.29, 0.717) is 9.92 Å². The molecule has 0 unspecified atom stereocenters. The van der Waals surface area contributed by atoms with Crippen LogP contribution in [-0.2, 0) is 9.59 Å². The zero-order valence-electron chi connectivity index (χ0n) is 11.9. The highest BCUT2D eigenvalue weighted by Gasteiger charge is 2.41. The Morgan fingerprint density at radius 1 is 1.12 bits per heavy atom. The minimum atomic E-state index is -0.845. The highest BCUT2D eigenvalue weighted by Crippen LogP contribution is 2.36. The summed E-state index contributed by atoms with van der Waals surface area (Å²) >= 11 is 9.86. The summed E-state index contributed by atoms with van der Waals surface area (Å²) in [7, 11) is 0. The summed E-state index contributed by atoms with van der Waals surface area (Å²) in [6.07, 6.45) is -0.0801. The maximum atomic E-state index is 14.1. The first-order chi connectivity index (χ1) is 11.4. The predicted molar refractivity (Wildman–Crippen MR) is 92.3 cm³/mol. The van der Waals surface area contributed by atoms with Gasteiger partial charge in [0.05, 0.1) is 15.4 Å². The predicted octanol–water partition coefficient (Wildman–Crippen LogP) is 4.80. The number of hydrogen-bond donors (Lipinski definition) is 0. The molecule has 124 valence electrons. The van der Waals surface area contributed by atoms with Gasteiger partial charge in [-0.05, 0) is 46.3 Å². The number of thioether (sulfide) groups is 1. The third-order valence-corrected chi connectivity index (χ3v) is 5.48. The number of amides is 2. The first-order valence-electron chi connectivity index (χ1n) is 6.80. The topological polar surface area (TPSA) is 37.4 Å². The van der Waals surface area contributed by atoms with Crippen molar-refractivity contribution in [3.05, 3.63) is 57.5 Å². The van der Waals surface area contributed by atoms with Gasteiger partial charge in [-0.15, -0.1) is 11.8 Å². The average Bonchev–Trinajstić information content (AvgIpc) is 2.80. The third-order valence-electron chi connectivity index (χ3n) is 3.43. The van der Waals surface area contributed by atoms with Crippen molar-refractivity contribution >= 4 is 56.8 Å². The van der Waals surface area contributed by atoms with Crippen LogP contribution in [0.15, 0.2) is 45.8 Å². The van der Waals surface area contributed by atoms with E-state index < -0.39 is 28.7 Å². The van der Waals surface area contributed by atoms with Crippen molar-refractivity contribution in [3.63, 3.8) is 0 Å². The molecule has 2 aromatic rings. The van der Waals surface area contributed by atoms with Crippen LogP contribution < -0.4 is 4.90 Å². The Labute approximate surface area is 154 Å². The first kappa shape index (κ1) is 17.4. The van der Waals surface area contributed by atoms with E-state index in [2.05, 4.69) is 15.9 Å². The van der Waals surface area contributed by atoms with E-state index in [4.69, 9.17) is 11.6 Å². The van der Waals surface area contributed by atoms with Gasteiger partial charge >= 0.3 is 0 Å². The van der Waals surface area contributed by atoms with Gasteiger partial charge < -0.3 is 0 Å². The van der Waals surface area contributed by atoms with E-state index in [0.717, 1.165) is 17.0 Å². The van der Waals surface area contributed by atoms with E-state index in [1.165, 1.54) is 11.8 Å². The van der Waals surface area contributed by atoms with Gasteiger partial charge in [-0.2, -0.15) is 0 Å². The Balaban J connectivity index is 1.87. The number of nitrogens with zero attached hydrogens (tertiary/aromatic N) is 1. The Bertz CT molecular complexity index is 832. The summed E-state index contributed by atoms with van der Waals surface area (Å²) in [5, 5.41) is -0.132. The number of hydrogen-bond acceptors (Lipinski definition) is 3. The largest absolute Gasteiger partial charge is 0.274 e. The smallest absolute Gasteiger partial charge is 0.247 e. The zero-order valence-corrected chi connectivity index (χ0v) is 15.1. The van der Waals surface area contributed by atoms with Gasteiger partial charge in [0.25, 0.3) is 0 Å². The molecule has 2 aromatic carbocycles. The lowest BCUT2D eigenvalue weighted by Gasteiger charge is -2.16. The molecule has 1 atom stereocenters. The van der Waals surface area contributed by atoms with E-state index in [1.807, 2.05) is 0 Å². The first-order valence-corrected chi connectivity index (χ1v) is 8.85. The highest BCUT2D eigenvalue weighted by molar-refractivity contribution is 9.10. The van der Waals surface area contributed by atoms with E-state index in [-0.39, 0.29) is 16.6 Å². The SMILES string of the molecule is O=C1C[C@H](Sc2ccc(Cl)cc2)C(=O)N1c1cc(F)c(Br)cc1F. The van der Waals surface area contributed by atoms with Crippen molar-refractivity contribution in [2.24, 2.45) is 0 Å². The number of carbonyl (C=O) groups excluding carboxylic acids is 2. The van der Waals surface area contributed by atoms with Crippen LogP contribution in [0.3, 0.4) is 0 Å². The molecule has 0 N–H and O–H groups in total. The molecule has 1 aliphatic rings. The van der Waals surface area contributed by atoms with Gasteiger partial charge in [0, 0.05) is 22.4 Å². The molecule has 0 radical (unpaired) electrons. The summed E-state index contributed by atoms with van der Waals surface area (Å²) in [6, 6.07) is 8.54. The zero-order chi connectivity index (χ0) is 17.4. The summed E-state index contributed by atoms with van der Waals surface area (Å²) in [6.45, 7) is 0. The van der Waals surface area contributed by atoms with Gasteiger partial charge in [-0.3, -0.25) is 9.59 Å². The molecule has 0 aromatic heterocycles. The minimum Gasteiger partial charge on any atom is -0.274 e. The van der Waals surface area contributed by atoms with Crippen molar-refractivity contribution in [1.82, 2.24) is 0 Å². The second kappa shape index (κ2) is 6.82. The van der Waals surface area contributed by atoms with Gasteiger partial charge in [0.15, 0.2) is 0 Å². The molecule has 24 heavy (non-hydrogen) atoms. The Kier molecular flexibility index (Phi) is 4.94. The van der Waals surface area contributed by atoms with Crippen molar-refractivity contribution in [2.75, 3.05) is 4.90 Å². The number of carbonyl (C=O) groups is 2. The molecule has 1 aliphatic heterocycles. The number of rotatable bonds is 3. The quantitative estimate of drug-likeness (QED) is 0.516. The number of halogens is 4. The molecular weight excluding hydrogens is 424 g/mol. The van der Waals surface area contributed by atoms with Gasteiger partial charge in [-0.25, -0.2) is 13.7 Å². The van der Waals surface area contributed by atoms with Crippen LogP contribution in [0.4, 0.5) is 14.5 Å². The molecule has 1 fully saturated rings. The molecule has 1 heterocycles. The number of imide groups is 1. The lowest BCUT2D eigenvalue weighted by molar-refractivity contribution is -0.121. The van der Waals surface area contributed by atoms with Crippen LogP contribution in [-0.4, -0.2) is 17.1 Å². The van der Waals surface area contributed by atoms with Crippen LogP contribution in [0.25, 0.3) is 0 Å². The molecule has 0 saturated carbocycles. The van der Waals surface area contributed by atoms with Gasteiger partial charge in [0.2, 0.25) is 11.8 Å². The fraction of sp³-hybridized carbons (Fsp3) is 0.125. The summed E-state index contributed by atoms with van der Waals surface area (Å²) in [4.78, 5) is 26.1. The van der Waals surface area contributed by atoms with Crippen LogP contribution in [0.1, 0.15) is 6.42 Å². The maximum Gasteiger partial charge on any atom is 0.247 e. The number of benzene rings is 2. The van der Waals surface area contributed by atoms with Gasteiger partial charge in [0.1, 0.15) is 11.6 Å². The van der Waals surface area contributed by atoms with Crippen molar-refractivity contribution < 1.29 is 18.4 Å². The fourth-order valence-corrected chi connectivity index (χ4v) is 3.81. The lowest BCUT2D eigenvalue weighted by atomic mass is 10.2. The van der Waals surface area contributed by atoms with E-state index in [1.54, 1.807) is 24.3 Å². The molecule has 2 amide bonds.